The molecule has 112 valence electrons. The molecule has 0 aromatic heterocycles. The van der Waals surface area contributed by atoms with Gasteiger partial charge in [-0.1, -0.05) is 36.8 Å². The van der Waals surface area contributed by atoms with Crippen LogP contribution in [0.5, 0.6) is 0 Å². The van der Waals surface area contributed by atoms with E-state index in [1.807, 2.05) is 6.07 Å². The second-order valence-electron chi connectivity index (χ2n) is 6.08. The number of hydrogen-bond acceptors (Lipinski definition) is 2. The molecule has 0 spiro atoms. The third-order valence-corrected chi connectivity index (χ3v) is 4.71. The highest BCUT2D eigenvalue weighted by Gasteiger charge is 2.40. The molecule has 4 atom stereocenters. The zero-order valence-corrected chi connectivity index (χ0v) is 11.8. The molecule has 2 aliphatic carbocycles. The lowest BCUT2D eigenvalue weighted by Crippen LogP contribution is -2.46. The first-order chi connectivity index (χ1) is 10.1. The van der Waals surface area contributed by atoms with Crippen LogP contribution < -0.4 is 10.6 Å². The van der Waals surface area contributed by atoms with Crippen LogP contribution in [0.2, 0.25) is 0 Å². The van der Waals surface area contributed by atoms with E-state index >= 15 is 0 Å². The Bertz CT molecular complexity index is 532. The van der Waals surface area contributed by atoms with Gasteiger partial charge in [0.2, 0.25) is 0 Å². The van der Waals surface area contributed by atoms with Crippen LogP contribution in [0.25, 0.3) is 0 Å². The van der Waals surface area contributed by atoms with Crippen molar-refractivity contribution in [3.8, 4) is 0 Å². The molecule has 2 aliphatic rings. The largest absolute Gasteiger partial charge is 0.479 e. The number of carboxylic acid groups (broad SMARTS) is 1. The van der Waals surface area contributed by atoms with Gasteiger partial charge in [-0.25, -0.2) is 9.59 Å². The number of carbonyl (C=O) groups excluding carboxylic acids is 1. The molecular weight excluding hydrogens is 268 g/mol. The van der Waals surface area contributed by atoms with Crippen molar-refractivity contribution in [3.63, 3.8) is 0 Å². The van der Waals surface area contributed by atoms with E-state index < -0.39 is 12.0 Å². The van der Waals surface area contributed by atoms with Gasteiger partial charge in [-0.3, -0.25) is 0 Å². The maximum Gasteiger partial charge on any atom is 0.330 e. The Morgan fingerprint density at radius 3 is 2.48 bits per heavy atom. The average molecular weight is 288 g/mol. The predicted molar refractivity (Wildman–Crippen MR) is 77.7 cm³/mol. The van der Waals surface area contributed by atoms with Crippen molar-refractivity contribution < 1.29 is 14.7 Å². The molecule has 5 nitrogen and oxygen atoms in total. The van der Waals surface area contributed by atoms with Crippen LogP contribution >= 0.6 is 0 Å². The Hall–Kier alpha value is -2.04. The van der Waals surface area contributed by atoms with Crippen LogP contribution in [-0.4, -0.2) is 23.1 Å². The number of fused-ring (bicyclic) bond motifs is 2. The standard InChI is InChI=1S/C16H20N2O3/c19-15(20)14(11-4-2-1-3-5-11)18-16(21)17-13-9-10-6-7-12(13)8-10/h1-5,10,12-14H,6-9H2,(H,19,20)(H2,17,18,21). The maximum atomic E-state index is 12.1. The van der Waals surface area contributed by atoms with Crippen LogP contribution in [0.3, 0.4) is 0 Å². The van der Waals surface area contributed by atoms with E-state index in [1.54, 1.807) is 24.3 Å². The van der Waals surface area contributed by atoms with E-state index in [1.165, 1.54) is 19.3 Å². The first-order valence-corrected chi connectivity index (χ1v) is 7.48. The second-order valence-corrected chi connectivity index (χ2v) is 6.08. The lowest BCUT2D eigenvalue weighted by atomic mass is 9.95. The molecule has 2 amide bonds. The van der Waals surface area contributed by atoms with Crippen molar-refractivity contribution in [2.24, 2.45) is 11.8 Å². The van der Waals surface area contributed by atoms with Crippen LogP contribution in [-0.2, 0) is 4.79 Å². The number of urea groups is 1. The number of aliphatic carboxylic acids is 1. The highest BCUT2D eigenvalue weighted by molar-refractivity contribution is 5.83. The van der Waals surface area contributed by atoms with Gasteiger partial charge in [0.1, 0.15) is 0 Å². The van der Waals surface area contributed by atoms with Gasteiger partial charge >= 0.3 is 12.0 Å². The van der Waals surface area contributed by atoms with Gasteiger partial charge in [-0.2, -0.15) is 0 Å². The van der Waals surface area contributed by atoms with Gasteiger partial charge < -0.3 is 15.7 Å². The van der Waals surface area contributed by atoms with Crippen LogP contribution in [0.4, 0.5) is 4.79 Å². The molecular formula is C16H20N2O3. The van der Waals surface area contributed by atoms with Crippen molar-refractivity contribution in [3.05, 3.63) is 35.9 Å². The monoisotopic (exact) mass is 288 g/mol. The molecule has 2 bridgehead atoms. The first-order valence-electron chi connectivity index (χ1n) is 7.48. The van der Waals surface area contributed by atoms with Crippen LogP contribution in [0, 0.1) is 11.8 Å². The number of carbonyl (C=O) groups is 2. The first kappa shape index (κ1) is 13.9. The minimum Gasteiger partial charge on any atom is -0.479 e. The Labute approximate surface area is 123 Å². The molecule has 0 radical (unpaired) electrons. The molecule has 2 fully saturated rings. The SMILES string of the molecule is O=C(NC(C(=O)O)c1ccccc1)NC1CC2CCC1C2. The normalized spacial score (nSPS) is 28.1. The molecule has 21 heavy (non-hydrogen) atoms. The van der Waals surface area contributed by atoms with Crippen molar-refractivity contribution in [2.45, 2.75) is 37.8 Å². The van der Waals surface area contributed by atoms with Gasteiger partial charge in [-0.05, 0) is 36.7 Å². The van der Waals surface area contributed by atoms with E-state index in [2.05, 4.69) is 10.6 Å². The minimum atomic E-state index is -1.05. The Kier molecular flexibility index (Phi) is 3.82. The van der Waals surface area contributed by atoms with Gasteiger partial charge in [0.25, 0.3) is 0 Å². The summed E-state index contributed by atoms with van der Waals surface area (Å²) in [5.74, 6) is 0.259. The summed E-state index contributed by atoms with van der Waals surface area (Å²) in [6.07, 6.45) is 4.68. The summed E-state index contributed by atoms with van der Waals surface area (Å²) < 4.78 is 0. The highest BCUT2D eigenvalue weighted by atomic mass is 16.4. The summed E-state index contributed by atoms with van der Waals surface area (Å²) in [5.41, 5.74) is 0.577. The molecule has 2 saturated carbocycles. The van der Waals surface area contributed by atoms with E-state index in [-0.39, 0.29) is 12.1 Å². The zero-order chi connectivity index (χ0) is 14.8. The molecule has 5 heteroatoms. The summed E-state index contributed by atoms with van der Waals surface area (Å²) in [6.45, 7) is 0. The fourth-order valence-electron chi connectivity index (χ4n) is 3.70. The van der Waals surface area contributed by atoms with E-state index in [0.29, 0.717) is 11.5 Å². The lowest BCUT2D eigenvalue weighted by molar-refractivity contribution is -0.139. The van der Waals surface area contributed by atoms with Crippen LogP contribution in [0.1, 0.15) is 37.3 Å². The smallest absolute Gasteiger partial charge is 0.330 e. The van der Waals surface area contributed by atoms with Crippen molar-refractivity contribution in [1.29, 1.82) is 0 Å². The number of benzene rings is 1. The molecule has 3 N–H and O–H groups in total. The summed E-state index contributed by atoms with van der Waals surface area (Å²) >= 11 is 0. The fourth-order valence-corrected chi connectivity index (χ4v) is 3.70. The fraction of sp³-hybridized carbons (Fsp3) is 0.500. The Balaban J connectivity index is 1.61. The van der Waals surface area contributed by atoms with Crippen molar-refractivity contribution in [2.75, 3.05) is 0 Å². The van der Waals surface area contributed by atoms with E-state index in [4.69, 9.17) is 0 Å². The number of amides is 2. The molecule has 0 heterocycles. The average Bonchev–Trinajstić information content (AvgIpc) is 3.08. The van der Waals surface area contributed by atoms with Crippen molar-refractivity contribution >= 4 is 12.0 Å². The lowest BCUT2D eigenvalue weighted by Gasteiger charge is -2.24. The predicted octanol–water partition coefficient (Wildman–Crippen LogP) is 2.30. The molecule has 3 rings (SSSR count). The quantitative estimate of drug-likeness (QED) is 0.795. The molecule has 1 aromatic rings. The molecule has 1 aromatic carbocycles. The van der Waals surface area contributed by atoms with Gasteiger partial charge in [0.15, 0.2) is 6.04 Å². The molecule has 0 aliphatic heterocycles. The summed E-state index contributed by atoms with van der Waals surface area (Å²) in [7, 11) is 0. The van der Waals surface area contributed by atoms with Crippen molar-refractivity contribution in [1.82, 2.24) is 10.6 Å². The summed E-state index contributed by atoms with van der Waals surface area (Å²) in [6, 6.07) is 7.56. The summed E-state index contributed by atoms with van der Waals surface area (Å²) in [5, 5.41) is 14.8. The van der Waals surface area contributed by atoms with E-state index in [9.17, 15) is 14.7 Å². The third-order valence-electron chi connectivity index (χ3n) is 4.71. The third kappa shape index (κ3) is 3.01. The maximum absolute atomic E-state index is 12.1. The number of carboxylic acids is 1. The number of hydrogen-bond donors (Lipinski definition) is 3. The Morgan fingerprint density at radius 2 is 1.90 bits per heavy atom. The molecule has 0 saturated heterocycles. The van der Waals surface area contributed by atoms with Gasteiger partial charge in [0, 0.05) is 6.04 Å². The Morgan fingerprint density at radius 1 is 1.14 bits per heavy atom. The minimum absolute atomic E-state index is 0.203. The zero-order valence-electron chi connectivity index (χ0n) is 11.8. The van der Waals surface area contributed by atoms with Gasteiger partial charge in [0.05, 0.1) is 0 Å². The number of rotatable bonds is 4. The highest BCUT2D eigenvalue weighted by Crippen LogP contribution is 2.44. The second kappa shape index (κ2) is 5.76. The molecule has 4 unspecified atom stereocenters. The van der Waals surface area contributed by atoms with Gasteiger partial charge in [-0.15, -0.1) is 0 Å². The number of nitrogens with one attached hydrogen (secondary N) is 2. The summed E-state index contributed by atoms with van der Waals surface area (Å²) in [4.78, 5) is 23.4. The van der Waals surface area contributed by atoms with Crippen LogP contribution in [0.15, 0.2) is 30.3 Å². The topological polar surface area (TPSA) is 78.4 Å². The van der Waals surface area contributed by atoms with E-state index in [0.717, 1.165) is 12.3 Å².